The molecule has 0 bridgehead atoms. The lowest BCUT2D eigenvalue weighted by molar-refractivity contribution is -0.185. The van der Waals surface area contributed by atoms with Crippen LogP contribution in [0.5, 0.6) is 0 Å². The number of carbonyl (C=O) groups is 2. The highest BCUT2D eigenvalue weighted by Gasteiger charge is 2.40. The molecule has 2 N–H and O–H groups in total. The van der Waals surface area contributed by atoms with Gasteiger partial charge >= 0.3 is 5.97 Å². The van der Waals surface area contributed by atoms with Gasteiger partial charge in [-0.1, -0.05) is 18.2 Å². The van der Waals surface area contributed by atoms with Gasteiger partial charge in [-0.2, -0.15) is 0 Å². The van der Waals surface area contributed by atoms with E-state index in [0.29, 0.717) is 18.9 Å². The van der Waals surface area contributed by atoms with E-state index >= 15 is 0 Å². The molecule has 1 amide bonds. The van der Waals surface area contributed by atoms with Gasteiger partial charge in [0.15, 0.2) is 5.79 Å². The number of benzene rings is 1. The predicted molar refractivity (Wildman–Crippen MR) is 98.6 cm³/mol. The Bertz CT molecular complexity index is 846. The van der Waals surface area contributed by atoms with Crippen molar-refractivity contribution in [2.75, 3.05) is 45.3 Å². The molecule has 2 saturated heterocycles. The molecule has 8 heteroatoms. The van der Waals surface area contributed by atoms with Crippen molar-refractivity contribution in [2.24, 2.45) is 0 Å². The Labute approximate surface area is 156 Å². The van der Waals surface area contributed by atoms with Crippen molar-refractivity contribution in [2.45, 2.75) is 18.6 Å². The summed E-state index contributed by atoms with van der Waals surface area (Å²) in [5.41, 5.74) is 1.47. The van der Waals surface area contributed by atoms with Crippen molar-refractivity contribution in [3.63, 3.8) is 0 Å². The zero-order chi connectivity index (χ0) is 18.9. The Balaban J connectivity index is 1.44. The maximum absolute atomic E-state index is 12.6. The van der Waals surface area contributed by atoms with Crippen molar-refractivity contribution in [3.05, 3.63) is 30.0 Å². The fourth-order valence-corrected chi connectivity index (χ4v) is 3.75. The second-order valence-corrected chi connectivity index (χ2v) is 6.84. The van der Waals surface area contributed by atoms with Crippen LogP contribution in [0.2, 0.25) is 0 Å². The number of ether oxygens (including phenoxy) is 3. The zero-order valence-electron chi connectivity index (χ0n) is 15.2. The molecule has 0 aliphatic carbocycles. The van der Waals surface area contributed by atoms with Crippen LogP contribution in [0.25, 0.3) is 10.9 Å². The second-order valence-electron chi connectivity index (χ2n) is 6.84. The van der Waals surface area contributed by atoms with Crippen LogP contribution in [0.4, 0.5) is 5.69 Å². The molecule has 0 radical (unpaired) electrons. The number of likely N-dealkylation sites (tertiary alicyclic amines) is 1. The van der Waals surface area contributed by atoms with Crippen LogP contribution in [0.3, 0.4) is 0 Å². The number of aromatic nitrogens is 1. The van der Waals surface area contributed by atoms with Gasteiger partial charge < -0.3 is 24.5 Å². The number of hydrogen-bond donors (Lipinski definition) is 2. The molecule has 0 saturated carbocycles. The summed E-state index contributed by atoms with van der Waals surface area (Å²) >= 11 is 0. The van der Waals surface area contributed by atoms with E-state index in [4.69, 9.17) is 14.2 Å². The number of nitrogens with one attached hydrogen (secondary N) is 2. The quantitative estimate of drug-likeness (QED) is 0.793. The van der Waals surface area contributed by atoms with Crippen molar-refractivity contribution >= 4 is 28.5 Å². The van der Waals surface area contributed by atoms with E-state index < -0.39 is 11.8 Å². The minimum Gasteiger partial charge on any atom is -0.464 e. The van der Waals surface area contributed by atoms with Crippen molar-refractivity contribution in [1.82, 2.24) is 9.88 Å². The lowest BCUT2D eigenvalue weighted by Gasteiger charge is -2.37. The number of piperidine rings is 1. The van der Waals surface area contributed by atoms with Gasteiger partial charge in [0, 0.05) is 36.8 Å². The van der Waals surface area contributed by atoms with E-state index in [2.05, 4.69) is 15.2 Å². The number of nitrogens with zero attached hydrogens (tertiary/aromatic N) is 1. The number of hydrogen-bond acceptors (Lipinski definition) is 6. The summed E-state index contributed by atoms with van der Waals surface area (Å²) in [5.74, 6) is -1.15. The van der Waals surface area contributed by atoms with Crippen LogP contribution in [-0.4, -0.2) is 67.5 Å². The Morgan fingerprint density at radius 1 is 1.22 bits per heavy atom. The van der Waals surface area contributed by atoms with Crippen molar-refractivity contribution < 1.29 is 23.8 Å². The average Bonchev–Trinajstić information content (AvgIpc) is 3.29. The van der Waals surface area contributed by atoms with Gasteiger partial charge in [-0.05, 0) is 6.07 Å². The predicted octanol–water partition coefficient (Wildman–Crippen LogP) is 1.73. The second kappa shape index (κ2) is 7.30. The SMILES string of the molecule is COC(=O)c1[nH]c2ccccc2c1NC(=O)CN1CCC2(CC1)OCCO2. The first-order valence-electron chi connectivity index (χ1n) is 9.09. The third-order valence-electron chi connectivity index (χ3n) is 5.16. The third-order valence-corrected chi connectivity index (χ3v) is 5.16. The molecule has 1 aromatic heterocycles. The summed E-state index contributed by atoms with van der Waals surface area (Å²) in [6, 6.07) is 7.43. The molecule has 27 heavy (non-hydrogen) atoms. The van der Waals surface area contributed by atoms with E-state index in [-0.39, 0.29) is 18.1 Å². The Morgan fingerprint density at radius 2 is 1.93 bits per heavy atom. The molecule has 1 aromatic carbocycles. The summed E-state index contributed by atoms with van der Waals surface area (Å²) in [5, 5.41) is 3.66. The number of para-hydroxylation sites is 1. The van der Waals surface area contributed by atoms with Gasteiger partial charge in [-0.15, -0.1) is 0 Å². The minimum absolute atomic E-state index is 0.172. The highest BCUT2D eigenvalue weighted by atomic mass is 16.7. The average molecular weight is 373 g/mol. The molecule has 144 valence electrons. The van der Waals surface area contributed by atoms with Gasteiger partial charge in [0.05, 0.1) is 32.6 Å². The fourth-order valence-electron chi connectivity index (χ4n) is 3.75. The van der Waals surface area contributed by atoms with Crippen LogP contribution < -0.4 is 5.32 Å². The van der Waals surface area contributed by atoms with Gasteiger partial charge in [0.25, 0.3) is 0 Å². The molecule has 2 aromatic rings. The number of anilines is 1. The van der Waals surface area contributed by atoms with Gasteiger partial charge in [0.1, 0.15) is 5.69 Å². The maximum Gasteiger partial charge on any atom is 0.356 e. The number of carbonyl (C=O) groups excluding carboxylic acids is 2. The summed E-state index contributed by atoms with van der Waals surface area (Å²) < 4.78 is 16.3. The van der Waals surface area contributed by atoms with E-state index in [1.165, 1.54) is 7.11 Å². The number of esters is 1. The van der Waals surface area contributed by atoms with Crippen molar-refractivity contribution in [3.8, 4) is 0 Å². The molecule has 1 spiro atoms. The molecule has 4 rings (SSSR count). The molecular weight excluding hydrogens is 350 g/mol. The number of amides is 1. The monoisotopic (exact) mass is 373 g/mol. The highest BCUT2D eigenvalue weighted by Crippen LogP contribution is 2.31. The molecular formula is C19H23N3O5. The van der Waals surface area contributed by atoms with Crippen molar-refractivity contribution in [1.29, 1.82) is 0 Å². The van der Waals surface area contributed by atoms with Crippen LogP contribution in [0, 0.1) is 0 Å². The lowest BCUT2D eigenvalue weighted by atomic mass is 10.0. The summed E-state index contributed by atoms with van der Waals surface area (Å²) in [7, 11) is 1.32. The van der Waals surface area contributed by atoms with E-state index in [9.17, 15) is 9.59 Å². The number of H-pyrrole nitrogens is 1. The molecule has 2 aliphatic heterocycles. The Morgan fingerprint density at radius 3 is 2.63 bits per heavy atom. The lowest BCUT2D eigenvalue weighted by Crippen LogP contribution is -2.47. The summed E-state index contributed by atoms with van der Waals surface area (Å²) in [6.45, 7) is 2.97. The first-order valence-corrected chi connectivity index (χ1v) is 9.09. The smallest absolute Gasteiger partial charge is 0.356 e. The van der Waals surface area contributed by atoms with E-state index in [0.717, 1.165) is 36.8 Å². The van der Waals surface area contributed by atoms with E-state index in [1.54, 1.807) is 0 Å². The van der Waals surface area contributed by atoms with Gasteiger partial charge in [0.2, 0.25) is 5.91 Å². The molecule has 3 heterocycles. The van der Waals surface area contributed by atoms with E-state index in [1.807, 2.05) is 24.3 Å². The third kappa shape index (κ3) is 3.55. The normalized spacial score (nSPS) is 19.4. The zero-order valence-corrected chi connectivity index (χ0v) is 15.2. The highest BCUT2D eigenvalue weighted by molar-refractivity contribution is 6.11. The number of rotatable bonds is 4. The Kier molecular flexibility index (Phi) is 4.86. The number of aromatic amines is 1. The number of methoxy groups -OCH3 is 1. The maximum atomic E-state index is 12.6. The van der Waals surface area contributed by atoms with Gasteiger partial charge in [-0.25, -0.2) is 4.79 Å². The van der Waals surface area contributed by atoms with Gasteiger partial charge in [-0.3, -0.25) is 9.69 Å². The fraction of sp³-hybridized carbons (Fsp3) is 0.474. The van der Waals surface area contributed by atoms with Crippen LogP contribution in [0.1, 0.15) is 23.3 Å². The number of fused-ring (bicyclic) bond motifs is 1. The first-order chi connectivity index (χ1) is 13.1. The summed E-state index contributed by atoms with van der Waals surface area (Å²) in [4.78, 5) is 29.8. The van der Waals surface area contributed by atoms with Crippen LogP contribution in [-0.2, 0) is 19.0 Å². The standard InChI is InChI=1S/C19H23N3O5/c1-25-18(24)17-16(13-4-2-3-5-14(13)20-17)21-15(23)12-22-8-6-19(7-9-22)26-10-11-27-19/h2-5,20H,6-12H2,1H3,(H,21,23). The molecule has 2 aliphatic rings. The van der Waals surface area contributed by atoms with Crippen LogP contribution in [0.15, 0.2) is 24.3 Å². The molecule has 0 atom stereocenters. The molecule has 0 unspecified atom stereocenters. The Hall–Kier alpha value is -2.42. The topological polar surface area (TPSA) is 92.9 Å². The summed E-state index contributed by atoms with van der Waals surface area (Å²) in [6.07, 6.45) is 1.50. The molecule has 2 fully saturated rings. The first kappa shape index (κ1) is 18.0. The minimum atomic E-state index is -0.517. The molecule has 8 nitrogen and oxygen atoms in total. The van der Waals surface area contributed by atoms with Crippen LogP contribution >= 0.6 is 0 Å². The largest absolute Gasteiger partial charge is 0.464 e.